The van der Waals surface area contributed by atoms with Gasteiger partial charge in [-0.15, -0.1) is 6.58 Å². The van der Waals surface area contributed by atoms with Crippen molar-refractivity contribution < 1.29 is 15.3 Å². The van der Waals surface area contributed by atoms with Crippen molar-refractivity contribution in [3.05, 3.63) is 29.8 Å². The lowest BCUT2D eigenvalue weighted by Crippen LogP contribution is -2.45. The predicted octanol–water partition coefficient (Wildman–Crippen LogP) is 1.72. The van der Waals surface area contributed by atoms with Crippen LogP contribution in [0.1, 0.15) is 24.9 Å². The minimum atomic E-state index is -0.141. The maximum Gasteiger partial charge on any atom is 0.127 e. The van der Waals surface area contributed by atoms with Crippen LogP contribution in [0.3, 0.4) is 0 Å². The number of hydrogen-bond donors (Lipinski definition) is 4. The topological polar surface area (TPSA) is 76.0 Å². The van der Waals surface area contributed by atoms with Gasteiger partial charge in [-0.05, 0) is 13.3 Å². The van der Waals surface area contributed by atoms with Crippen molar-refractivity contribution in [1.82, 2.24) is 10.2 Å². The van der Waals surface area contributed by atoms with Gasteiger partial charge in [0.05, 0.1) is 5.56 Å². The average molecular weight is 278 g/mol. The van der Waals surface area contributed by atoms with Crippen LogP contribution in [0.5, 0.6) is 17.2 Å². The Morgan fingerprint density at radius 2 is 1.80 bits per heavy atom. The summed E-state index contributed by atoms with van der Waals surface area (Å²) in [5, 5.41) is 32.9. The fourth-order valence-electron chi connectivity index (χ4n) is 2.69. The normalized spacial score (nSPS) is 17.9. The van der Waals surface area contributed by atoms with Crippen LogP contribution < -0.4 is 5.32 Å². The van der Waals surface area contributed by atoms with E-state index >= 15 is 0 Å². The second-order valence-corrected chi connectivity index (χ2v) is 5.36. The molecule has 2 rings (SSSR count). The molecule has 1 aliphatic rings. The monoisotopic (exact) mass is 278 g/mol. The molecule has 1 heterocycles. The van der Waals surface area contributed by atoms with Gasteiger partial charge in [-0.2, -0.15) is 0 Å². The number of rotatable bonds is 4. The third-order valence-electron chi connectivity index (χ3n) is 3.59. The number of phenols is 3. The molecule has 1 aliphatic heterocycles. The van der Waals surface area contributed by atoms with Gasteiger partial charge in [-0.1, -0.05) is 5.57 Å². The predicted molar refractivity (Wildman–Crippen MR) is 78.1 cm³/mol. The van der Waals surface area contributed by atoms with E-state index in [1.165, 1.54) is 12.1 Å². The number of benzene rings is 1. The highest BCUT2D eigenvalue weighted by molar-refractivity contribution is 5.50. The minimum Gasteiger partial charge on any atom is -0.508 e. The van der Waals surface area contributed by atoms with Crippen LogP contribution in [0.25, 0.3) is 0 Å². The molecule has 1 aromatic carbocycles. The number of phenolic OH excluding ortho intramolecular Hbond substituents is 3. The molecule has 4 N–H and O–H groups in total. The Hall–Kier alpha value is -1.72. The lowest BCUT2D eigenvalue weighted by atomic mass is 9.96. The molecule has 0 bridgehead atoms. The third-order valence-corrected chi connectivity index (χ3v) is 3.59. The molecule has 0 radical (unpaired) electrons. The van der Waals surface area contributed by atoms with Crippen molar-refractivity contribution in [3.63, 3.8) is 0 Å². The number of hydrogen-bond acceptors (Lipinski definition) is 5. The van der Waals surface area contributed by atoms with Crippen molar-refractivity contribution in [2.75, 3.05) is 26.2 Å². The number of piperazine rings is 1. The van der Waals surface area contributed by atoms with Crippen LogP contribution in [0.2, 0.25) is 0 Å². The lowest BCUT2D eigenvalue weighted by molar-refractivity contribution is 0.167. The first-order valence-electron chi connectivity index (χ1n) is 6.83. The SMILES string of the molecule is C=C(C)C[C@H](c1c(O)cc(O)cc1O)N1CCNCC1. The van der Waals surface area contributed by atoms with E-state index in [2.05, 4.69) is 16.8 Å². The van der Waals surface area contributed by atoms with Gasteiger partial charge in [0.1, 0.15) is 17.2 Å². The van der Waals surface area contributed by atoms with Gasteiger partial charge in [-0.25, -0.2) is 0 Å². The van der Waals surface area contributed by atoms with Gasteiger partial charge in [0.25, 0.3) is 0 Å². The van der Waals surface area contributed by atoms with Gasteiger partial charge in [0, 0.05) is 44.4 Å². The van der Waals surface area contributed by atoms with Crippen molar-refractivity contribution in [1.29, 1.82) is 0 Å². The quantitative estimate of drug-likeness (QED) is 0.631. The summed E-state index contributed by atoms with van der Waals surface area (Å²) in [6.07, 6.45) is 0.659. The van der Waals surface area contributed by atoms with E-state index in [9.17, 15) is 15.3 Å². The molecule has 0 aromatic heterocycles. The van der Waals surface area contributed by atoms with Crippen molar-refractivity contribution in [2.45, 2.75) is 19.4 Å². The second kappa shape index (κ2) is 6.15. The second-order valence-electron chi connectivity index (χ2n) is 5.36. The fourth-order valence-corrected chi connectivity index (χ4v) is 2.69. The third kappa shape index (κ3) is 3.23. The molecule has 5 heteroatoms. The van der Waals surface area contributed by atoms with E-state index in [-0.39, 0.29) is 23.3 Å². The maximum atomic E-state index is 10.1. The van der Waals surface area contributed by atoms with Gasteiger partial charge >= 0.3 is 0 Å². The lowest BCUT2D eigenvalue weighted by Gasteiger charge is -2.36. The van der Waals surface area contributed by atoms with E-state index in [1.807, 2.05) is 6.92 Å². The molecule has 0 unspecified atom stereocenters. The zero-order chi connectivity index (χ0) is 14.7. The summed E-state index contributed by atoms with van der Waals surface area (Å²) in [6.45, 7) is 9.32. The number of nitrogens with zero attached hydrogens (tertiary/aromatic N) is 1. The summed E-state index contributed by atoms with van der Waals surface area (Å²) in [5.41, 5.74) is 1.45. The zero-order valence-electron chi connectivity index (χ0n) is 11.8. The first-order chi connectivity index (χ1) is 9.49. The molecular formula is C15H22N2O3. The van der Waals surface area contributed by atoms with E-state index in [0.29, 0.717) is 12.0 Å². The first kappa shape index (κ1) is 14.7. The number of aromatic hydroxyl groups is 3. The van der Waals surface area contributed by atoms with Gasteiger partial charge < -0.3 is 20.6 Å². The largest absolute Gasteiger partial charge is 0.508 e. The summed E-state index contributed by atoms with van der Waals surface area (Å²) in [4.78, 5) is 2.22. The van der Waals surface area contributed by atoms with E-state index in [4.69, 9.17) is 0 Å². The molecule has 20 heavy (non-hydrogen) atoms. The van der Waals surface area contributed by atoms with Gasteiger partial charge in [0.2, 0.25) is 0 Å². The Balaban J connectivity index is 2.37. The summed E-state index contributed by atoms with van der Waals surface area (Å²) in [7, 11) is 0. The van der Waals surface area contributed by atoms with Crippen molar-refractivity contribution in [2.24, 2.45) is 0 Å². The Kier molecular flexibility index (Phi) is 4.52. The van der Waals surface area contributed by atoms with Gasteiger partial charge in [0.15, 0.2) is 0 Å². The summed E-state index contributed by atoms with van der Waals surface area (Å²) >= 11 is 0. The average Bonchev–Trinajstić information content (AvgIpc) is 2.37. The Morgan fingerprint density at radius 1 is 1.25 bits per heavy atom. The highest BCUT2D eigenvalue weighted by Gasteiger charge is 2.27. The molecule has 0 spiro atoms. The molecule has 0 amide bonds. The van der Waals surface area contributed by atoms with E-state index in [1.54, 1.807) is 0 Å². The molecule has 1 atom stereocenters. The molecule has 1 aromatic rings. The fraction of sp³-hybridized carbons (Fsp3) is 0.467. The minimum absolute atomic E-state index is 0.0766. The van der Waals surface area contributed by atoms with Crippen LogP contribution in [0.15, 0.2) is 24.3 Å². The first-order valence-corrected chi connectivity index (χ1v) is 6.83. The molecule has 110 valence electrons. The van der Waals surface area contributed by atoms with Crippen LogP contribution in [-0.2, 0) is 0 Å². The molecule has 5 nitrogen and oxygen atoms in total. The van der Waals surface area contributed by atoms with Crippen molar-refractivity contribution in [3.8, 4) is 17.2 Å². The molecule has 1 fully saturated rings. The summed E-state index contributed by atoms with van der Waals surface area (Å²) in [5.74, 6) is -0.294. The summed E-state index contributed by atoms with van der Waals surface area (Å²) < 4.78 is 0. The molecule has 0 aliphatic carbocycles. The Bertz CT molecular complexity index is 473. The Labute approximate surface area is 119 Å². The standard InChI is InChI=1S/C15H22N2O3/c1-10(2)7-12(17-5-3-16-4-6-17)15-13(19)8-11(18)9-14(15)20/h8-9,12,16,18-20H,1,3-7H2,2H3/t12-/m1/s1. The maximum absolute atomic E-state index is 10.1. The van der Waals surface area contributed by atoms with Crippen LogP contribution in [0.4, 0.5) is 0 Å². The number of nitrogens with one attached hydrogen (secondary N) is 1. The van der Waals surface area contributed by atoms with Crippen LogP contribution in [0, 0.1) is 0 Å². The smallest absolute Gasteiger partial charge is 0.127 e. The Morgan fingerprint density at radius 3 is 2.30 bits per heavy atom. The van der Waals surface area contributed by atoms with E-state index in [0.717, 1.165) is 31.8 Å². The highest BCUT2D eigenvalue weighted by Crippen LogP contribution is 2.41. The van der Waals surface area contributed by atoms with Crippen molar-refractivity contribution >= 4 is 0 Å². The van der Waals surface area contributed by atoms with Crippen LogP contribution >= 0.6 is 0 Å². The molecule has 1 saturated heterocycles. The van der Waals surface area contributed by atoms with Crippen LogP contribution in [-0.4, -0.2) is 46.4 Å². The molecule has 0 saturated carbocycles. The van der Waals surface area contributed by atoms with E-state index < -0.39 is 0 Å². The summed E-state index contributed by atoms with van der Waals surface area (Å²) in [6, 6.07) is 2.40. The zero-order valence-corrected chi connectivity index (χ0v) is 11.8. The van der Waals surface area contributed by atoms with Gasteiger partial charge in [-0.3, -0.25) is 4.90 Å². The molecular weight excluding hydrogens is 256 g/mol. The highest BCUT2D eigenvalue weighted by atomic mass is 16.3.